The van der Waals surface area contributed by atoms with Crippen molar-refractivity contribution in [2.75, 3.05) is 33.4 Å². The van der Waals surface area contributed by atoms with Crippen LogP contribution in [0.4, 0.5) is 13.6 Å². The van der Waals surface area contributed by atoms with Crippen LogP contribution in [0.1, 0.15) is 23.7 Å². The van der Waals surface area contributed by atoms with E-state index in [2.05, 4.69) is 15.6 Å². The molecule has 2 aromatic carbocycles. The number of carbonyl (C=O) groups excluding carboxylic acids is 2. The van der Waals surface area contributed by atoms with Gasteiger partial charge in [-0.1, -0.05) is 24.6 Å². The van der Waals surface area contributed by atoms with Crippen LogP contribution in [-0.4, -0.2) is 60.4 Å². The number of fused-ring (bicyclic) bond motifs is 1. The smallest absolute Gasteiger partial charge is 0.407 e. The van der Waals surface area contributed by atoms with Gasteiger partial charge in [-0.15, -0.1) is 0 Å². The second-order valence-electron chi connectivity index (χ2n) is 7.65. The van der Waals surface area contributed by atoms with Crippen LogP contribution in [0.25, 0.3) is 22.2 Å². The molecule has 0 radical (unpaired) electrons. The lowest BCUT2D eigenvalue weighted by Gasteiger charge is -2.22. The van der Waals surface area contributed by atoms with Crippen molar-refractivity contribution in [1.82, 2.24) is 20.5 Å². The van der Waals surface area contributed by atoms with Crippen LogP contribution < -0.4 is 10.6 Å². The maximum Gasteiger partial charge on any atom is 0.407 e. The van der Waals surface area contributed by atoms with Gasteiger partial charge in [0, 0.05) is 29.6 Å². The molecule has 3 rings (SSSR count). The number of rotatable bonds is 9. The molecule has 1 heterocycles. The molecule has 0 unspecified atom stereocenters. The highest BCUT2D eigenvalue weighted by atomic mass is 35.5. The van der Waals surface area contributed by atoms with E-state index >= 15 is 0 Å². The minimum atomic E-state index is -1.13. The number of halogens is 3. The second-order valence-corrected chi connectivity index (χ2v) is 8.06. The van der Waals surface area contributed by atoms with E-state index in [1.165, 1.54) is 17.0 Å². The largest absolute Gasteiger partial charge is 0.503 e. The minimum Gasteiger partial charge on any atom is -0.503 e. The summed E-state index contributed by atoms with van der Waals surface area (Å²) in [6.45, 7) is 2.83. The molecular formula is C24H25ClF2N4O4. The average Bonchev–Trinajstić information content (AvgIpc) is 2.84. The van der Waals surface area contributed by atoms with Crippen molar-refractivity contribution in [3.05, 3.63) is 58.6 Å². The van der Waals surface area contributed by atoms with Gasteiger partial charge in [0.1, 0.15) is 0 Å². The number of alkyl carbamates (subject to hydrolysis) is 1. The van der Waals surface area contributed by atoms with E-state index in [9.17, 15) is 23.5 Å². The van der Waals surface area contributed by atoms with Gasteiger partial charge >= 0.3 is 6.09 Å². The van der Waals surface area contributed by atoms with Crippen LogP contribution in [0.5, 0.6) is 5.75 Å². The number of hydrogen-bond acceptors (Lipinski definition) is 6. The highest BCUT2D eigenvalue weighted by Crippen LogP contribution is 2.32. The summed E-state index contributed by atoms with van der Waals surface area (Å²) < 4.78 is 32.6. The number of phenols is 1. The summed E-state index contributed by atoms with van der Waals surface area (Å²) in [5.74, 6) is -3.66. The molecule has 0 aliphatic heterocycles. The van der Waals surface area contributed by atoms with Crippen molar-refractivity contribution < 1.29 is 28.2 Å². The number of pyridine rings is 1. The molecule has 0 atom stereocenters. The van der Waals surface area contributed by atoms with Gasteiger partial charge in [0.05, 0.1) is 29.5 Å². The summed E-state index contributed by atoms with van der Waals surface area (Å²) in [7, 11) is 1.69. The summed E-state index contributed by atoms with van der Waals surface area (Å²) in [6, 6.07) is 8.12. The summed E-state index contributed by atoms with van der Waals surface area (Å²) in [5.41, 5.74) is 0.908. The number of hydrogen-bond donors (Lipinski definition) is 3. The first-order valence-electron chi connectivity index (χ1n) is 10.9. The van der Waals surface area contributed by atoms with Crippen molar-refractivity contribution in [2.24, 2.45) is 0 Å². The third kappa shape index (κ3) is 6.34. The van der Waals surface area contributed by atoms with Crippen molar-refractivity contribution in [1.29, 1.82) is 0 Å². The summed E-state index contributed by atoms with van der Waals surface area (Å²) in [4.78, 5) is 30.7. The van der Waals surface area contributed by atoms with Gasteiger partial charge in [-0.3, -0.25) is 4.79 Å². The molecule has 11 heteroatoms. The predicted molar refractivity (Wildman–Crippen MR) is 128 cm³/mol. The number of phenolic OH excluding ortho intramolecular Hbond substituents is 1. The Balaban J connectivity index is 1.86. The van der Waals surface area contributed by atoms with Crippen LogP contribution in [0.3, 0.4) is 0 Å². The zero-order valence-electron chi connectivity index (χ0n) is 19.2. The SMILES string of the molecule is CCCOC(=O)NCCN(CNC)C(=O)c1ccc2c(Cl)cc(-c3cc(F)c(O)c(F)c3)nc2c1. The van der Waals surface area contributed by atoms with Crippen LogP contribution in [0.15, 0.2) is 36.4 Å². The van der Waals surface area contributed by atoms with Gasteiger partial charge in [0.15, 0.2) is 17.4 Å². The van der Waals surface area contributed by atoms with E-state index in [4.69, 9.17) is 16.3 Å². The van der Waals surface area contributed by atoms with E-state index < -0.39 is 23.5 Å². The van der Waals surface area contributed by atoms with Crippen molar-refractivity contribution in [2.45, 2.75) is 13.3 Å². The standard InChI is InChI=1S/C24H25ClF2N4O4/c1-3-8-35-24(34)29-6-7-31(13-28-2)23(33)14-4-5-16-17(25)12-20(30-21(16)11-14)15-9-18(26)22(32)19(27)10-15/h4-5,9-12,28,32H,3,6-8,13H2,1-2H3,(H,29,34). The third-order valence-electron chi connectivity index (χ3n) is 5.04. The van der Waals surface area contributed by atoms with Gasteiger partial charge in [0.25, 0.3) is 5.91 Å². The molecule has 8 nitrogen and oxygen atoms in total. The maximum atomic E-state index is 13.8. The van der Waals surface area contributed by atoms with E-state index in [0.717, 1.165) is 12.1 Å². The monoisotopic (exact) mass is 506 g/mol. The van der Waals surface area contributed by atoms with E-state index in [0.29, 0.717) is 29.5 Å². The van der Waals surface area contributed by atoms with Crippen LogP contribution in [0.2, 0.25) is 5.02 Å². The Morgan fingerprint density at radius 3 is 2.54 bits per heavy atom. The van der Waals surface area contributed by atoms with Crippen molar-refractivity contribution in [3.8, 4) is 17.0 Å². The molecular weight excluding hydrogens is 482 g/mol. The molecule has 0 aliphatic rings. The number of benzene rings is 2. The fourth-order valence-corrected chi connectivity index (χ4v) is 3.61. The first-order valence-corrected chi connectivity index (χ1v) is 11.3. The number of amides is 2. The molecule has 186 valence electrons. The average molecular weight is 507 g/mol. The Kier molecular flexibility index (Phi) is 8.78. The summed E-state index contributed by atoms with van der Waals surface area (Å²) in [5, 5.41) is 15.7. The topological polar surface area (TPSA) is 104 Å². The van der Waals surface area contributed by atoms with Gasteiger partial charge in [-0.05, 0) is 43.8 Å². The normalized spacial score (nSPS) is 10.9. The molecule has 35 heavy (non-hydrogen) atoms. The Morgan fingerprint density at radius 2 is 1.89 bits per heavy atom. The lowest BCUT2D eigenvalue weighted by atomic mass is 10.1. The lowest BCUT2D eigenvalue weighted by Crippen LogP contribution is -2.42. The molecule has 0 aliphatic carbocycles. The lowest BCUT2D eigenvalue weighted by molar-refractivity contribution is 0.0744. The number of nitrogens with one attached hydrogen (secondary N) is 2. The predicted octanol–water partition coefficient (Wildman–Crippen LogP) is 4.29. The first-order chi connectivity index (χ1) is 16.7. The van der Waals surface area contributed by atoms with Crippen LogP contribution >= 0.6 is 11.6 Å². The van der Waals surface area contributed by atoms with Crippen LogP contribution in [-0.2, 0) is 4.74 Å². The quantitative estimate of drug-likeness (QED) is 0.374. The maximum absolute atomic E-state index is 13.8. The zero-order chi connectivity index (χ0) is 25.5. The zero-order valence-corrected chi connectivity index (χ0v) is 20.0. The number of aromatic hydroxyl groups is 1. The molecule has 3 aromatic rings. The number of ether oxygens (including phenoxy) is 1. The van der Waals surface area contributed by atoms with Gasteiger partial charge < -0.3 is 25.4 Å². The Labute approximate surface area is 205 Å². The molecule has 1 aromatic heterocycles. The number of carbonyl (C=O) groups is 2. The molecule has 3 N–H and O–H groups in total. The molecule has 0 bridgehead atoms. The fourth-order valence-electron chi connectivity index (χ4n) is 3.34. The Morgan fingerprint density at radius 1 is 1.17 bits per heavy atom. The molecule has 2 amide bonds. The first kappa shape index (κ1) is 26.1. The number of nitrogens with zero attached hydrogens (tertiary/aromatic N) is 2. The Bertz CT molecular complexity index is 1220. The summed E-state index contributed by atoms with van der Waals surface area (Å²) in [6.07, 6.45) is 0.152. The molecule has 0 saturated carbocycles. The van der Waals surface area contributed by atoms with E-state index in [1.807, 2.05) is 6.92 Å². The highest BCUT2D eigenvalue weighted by Gasteiger charge is 2.18. The number of aromatic nitrogens is 1. The fraction of sp³-hybridized carbons (Fsp3) is 0.292. The van der Waals surface area contributed by atoms with Crippen molar-refractivity contribution in [3.63, 3.8) is 0 Å². The summed E-state index contributed by atoms with van der Waals surface area (Å²) >= 11 is 6.37. The molecule has 0 saturated heterocycles. The van der Waals surface area contributed by atoms with Gasteiger partial charge in [-0.25, -0.2) is 18.6 Å². The minimum absolute atomic E-state index is 0.0798. The van der Waals surface area contributed by atoms with Crippen molar-refractivity contribution >= 4 is 34.5 Å². The Hall–Kier alpha value is -3.50. The molecule has 0 spiro atoms. The third-order valence-corrected chi connectivity index (χ3v) is 5.36. The highest BCUT2D eigenvalue weighted by molar-refractivity contribution is 6.35. The van der Waals surface area contributed by atoms with E-state index in [-0.39, 0.29) is 41.9 Å². The van der Waals surface area contributed by atoms with E-state index in [1.54, 1.807) is 19.2 Å². The second kappa shape index (κ2) is 11.8. The van der Waals surface area contributed by atoms with Gasteiger partial charge in [-0.2, -0.15) is 0 Å². The van der Waals surface area contributed by atoms with Crippen LogP contribution in [0, 0.1) is 11.6 Å². The molecule has 0 fully saturated rings. The van der Waals surface area contributed by atoms with Gasteiger partial charge in [0.2, 0.25) is 0 Å².